The number of pyridine rings is 1. The minimum absolute atomic E-state index is 0.0485. The Balaban J connectivity index is 2.76. The number of nitrogens with one attached hydrogen (secondary N) is 1. The molecular weight excluding hydrogens is 264 g/mol. The summed E-state index contributed by atoms with van der Waals surface area (Å²) in [6.07, 6.45) is 0. The van der Waals surface area contributed by atoms with Crippen LogP contribution in [0.25, 0.3) is 10.9 Å². The maximum Gasteiger partial charge on any atom is 0.387 e. The first-order valence-electron chi connectivity index (χ1n) is 6.30. The third-order valence-corrected chi connectivity index (χ3v) is 3.14. The van der Waals surface area contributed by atoms with Crippen LogP contribution in [0.5, 0.6) is 5.75 Å². The lowest BCUT2D eigenvalue weighted by Crippen LogP contribution is -2.13. The first kappa shape index (κ1) is 14.5. The van der Waals surface area contributed by atoms with E-state index in [0.29, 0.717) is 16.6 Å². The van der Waals surface area contributed by atoms with Crippen molar-refractivity contribution in [3.05, 3.63) is 29.5 Å². The van der Waals surface area contributed by atoms with Crippen molar-refractivity contribution in [2.45, 2.75) is 33.3 Å². The van der Waals surface area contributed by atoms with E-state index < -0.39 is 6.61 Å². The summed E-state index contributed by atoms with van der Waals surface area (Å²) in [5.74, 6) is 5.86. The van der Waals surface area contributed by atoms with Crippen molar-refractivity contribution in [3.8, 4) is 5.75 Å². The molecule has 0 aliphatic rings. The second-order valence-electron chi connectivity index (χ2n) is 4.82. The third-order valence-electron chi connectivity index (χ3n) is 3.14. The highest BCUT2D eigenvalue weighted by atomic mass is 19.3. The van der Waals surface area contributed by atoms with Crippen LogP contribution in [0.3, 0.4) is 0 Å². The van der Waals surface area contributed by atoms with E-state index in [-0.39, 0.29) is 11.7 Å². The van der Waals surface area contributed by atoms with Crippen LogP contribution in [0.2, 0.25) is 0 Å². The summed E-state index contributed by atoms with van der Waals surface area (Å²) in [6.45, 7) is 2.99. The van der Waals surface area contributed by atoms with E-state index in [0.717, 1.165) is 11.3 Å². The fraction of sp³-hybridized carbons (Fsp3) is 0.357. The molecular formula is C14H17F2N3O. The number of alkyl halides is 2. The van der Waals surface area contributed by atoms with E-state index >= 15 is 0 Å². The number of rotatable bonds is 4. The van der Waals surface area contributed by atoms with Crippen LogP contribution in [-0.2, 0) is 0 Å². The number of nitrogens with two attached hydrogens (primary N) is 1. The largest absolute Gasteiger partial charge is 0.432 e. The zero-order chi connectivity index (χ0) is 14.9. The highest BCUT2D eigenvalue weighted by Crippen LogP contribution is 2.36. The maximum absolute atomic E-state index is 12.4. The van der Waals surface area contributed by atoms with E-state index in [1.165, 1.54) is 6.07 Å². The number of anilines is 1. The van der Waals surface area contributed by atoms with Crippen molar-refractivity contribution in [2.75, 3.05) is 5.43 Å². The molecule has 20 heavy (non-hydrogen) atoms. The maximum atomic E-state index is 12.4. The quantitative estimate of drug-likeness (QED) is 0.664. The summed E-state index contributed by atoms with van der Waals surface area (Å²) >= 11 is 0. The zero-order valence-corrected chi connectivity index (χ0v) is 11.6. The molecule has 0 amide bonds. The molecule has 0 aliphatic carbocycles. The summed E-state index contributed by atoms with van der Waals surface area (Å²) in [4.78, 5) is 4.40. The summed E-state index contributed by atoms with van der Waals surface area (Å²) in [5, 5.41) is 0.667. The Morgan fingerprint density at radius 2 is 2.00 bits per heavy atom. The lowest BCUT2D eigenvalue weighted by molar-refractivity contribution is -0.0489. The number of para-hydroxylation sites is 1. The number of hydrogen-bond acceptors (Lipinski definition) is 4. The van der Waals surface area contributed by atoms with Gasteiger partial charge in [-0.2, -0.15) is 8.78 Å². The lowest BCUT2D eigenvalue weighted by Gasteiger charge is -2.18. The molecule has 0 saturated heterocycles. The fourth-order valence-electron chi connectivity index (χ4n) is 2.45. The standard InChI is InChI=1S/C14H17F2N3O/c1-7(2)11-8(3)18-12-9(13(11)19-17)5-4-6-10(12)20-14(15)16/h4-7,14H,17H2,1-3H3,(H,18,19). The Bertz CT molecular complexity index is 629. The minimum Gasteiger partial charge on any atom is -0.432 e. The van der Waals surface area contributed by atoms with Gasteiger partial charge < -0.3 is 10.2 Å². The number of nitrogen functional groups attached to an aromatic ring is 1. The van der Waals surface area contributed by atoms with Crippen LogP contribution in [0.1, 0.15) is 31.0 Å². The van der Waals surface area contributed by atoms with Crippen LogP contribution in [0, 0.1) is 6.92 Å². The van der Waals surface area contributed by atoms with Gasteiger partial charge in [0.25, 0.3) is 0 Å². The molecule has 108 valence electrons. The van der Waals surface area contributed by atoms with E-state index in [4.69, 9.17) is 5.84 Å². The molecule has 0 unspecified atom stereocenters. The molecule has 0 bridgehead atoms. The number of aromatic nitrogens is 1. The van der Waals surface area contributed by atoms with Gasteiger partial charge in [-0.15, -0.1) is 0 Å². The van der Waals surface area contributed by atoms with Crippen LogP contribution in [0.4, 0.5) is 14.5 Å². The van der Waals surface area contributed by atoms with E-state index in [1.54, 1.807) is 12.1 Å². The van der Waals surface area contributed by atoms with Crippen molar-refractivity contribution in [1.29, 1.82) is 0 Å². The molecule has 0 saturated carbocycles. The molecule has 0 radical (unpaired) electrons. The van der Waals surface area contributed by atoms with Gasteiger partial charge in [0, 0.05) is 16.6 Å². The fourth-order valence-corrected chi connectivity index (χ4v) is 2.45. The molecule has 1 aromatic carbocycles. The summed E-state index contributed by atoms with van der Waals surface area (Å²) in [5.41, 5.74) is 5.44. The van der Waals surface area contributed by atoms with E-state index in [2.05, 4.69) is 15.1 Å². The van der Waals surface area contributed by atoms with Gasteiger partial charge in [0.1, 0.15) is 5.52 Å². The lowest BCUT2D eigenvalue weighted by atomic mass is 9.97. The monoisotopic (exact) mass is 281 g/mol. The molecule has 3 N–H and O–H groups in total. The predicted molar refractivity (Wildman–Crippen MR) is 75.0 cm³/mol. The van der Waals surface area contributed by atoms with Crippen LogP contribution >= 0.6 is 0 Å². The zero-order valence-electron chi connectivity index (χ0n) is 11.6. The third kappa shape index (κ3) is 2.51. The van der Waals surface area contributed by atoms with Gasteiger partial charge >= 0.3 is 6.61 Å². The first-order chi connectivity index (χ1) is 9.45. The number of hydrazine groups is 1. The molecule has 1 aromatic heterocycles. The Labute approximate surface area is 115 Å². The van der Waals surface area contributed by atoms with Crippen LogP contribution in [0.15, 0.2) is 18.2 Å². The van der Waals surface area contributed by atoms with E-state index in [9.17, 15) is 8.78 Å². The Kier molecular flexibility index (Phi) is 4.04. The normalized spacial score (nSPS) is 11.4. The smallest absolute Gasteiger partial charge is 0.387 e. The van der Waals surface area contributed by atoms with Crippen molar-refractivity contribution < 1.29 is 13.5 Å². The van der Waals surface area contributed by atoms with Crippen molar-refractivity contribution in [1.82, 2.24) is 4.98 Å². The Hall–Kier alpha value is -1.95. The van der Waals surface area contributed by atoms with Crippen molar-refractivity contribution >= 4 is 16.6 Å². The predicted octanol–water partition coefficient (Wildman–Crippen LogP) is 3.55. The number of benzene rings is 1. The van der Waals surface area contributed by atoms with Gasteiger partial charge in [-0.1, -0.05) is 26.0 Å². The average molecular weight is 281 g/mol. The number of hydrogen-bond donors (Lipinski definition) is 2. The molecule has 1 heterocycles. The number of nitrogens with zero attached hydrogens (tertiary/aromatic N) is 1. The SMILES string of the molecule is Cc1nc2c(OC(F)F)cccc2c(NN)c1C(C)C. The molecule has 0 atom stereocenters. The minimum atomic E-state index is -2.89. The summed E-state index contributed by atoms with van der Waals surface area (Å²) < 4.78 is 29.4. The van der Waals surface area contributed by atoms with Gasteiger partial charge in [0.2, 0.25) is 0 Å². The number of halogens is 2. The number of ether oxygens (including phenoxy) is 1. The molecule has 2 rings (SSSR count). The Morgan fingerprint density at radius 1 is 1.30 bits per heavy atom. The highest BCUT2D eigenvalue weighted by Gasteiger charge is 2.18. The topological polar surface area (TPSA) is 60.2 Å². The second kappa shape index (κ2) is 5.58. The molecule has 6 heteroatoms. The van der Waals surface area contributed by atoms with Gasteiger partial charge in [0.15, 0.2) is 5.75 Å². The molecule has 0 spiro atoms. The van der Waals surface area contributed by atoms with Gasteiger partial charge in [-0.05, 0) is 18.9 Å². The molecule has 0 fully saturated rings. The van der Waals surface area contributed by atoms with Crippen molar-refractivity contribution in [2.24, 2.45) is 5.84 Å². The average Bonchev–Trinajstić information content (AvgIpc) is 2.37. The molecule has 2 aromatic rings. The number of fused-ring (bicyclic) bond motifs is 1. The summed E-state index contributed by atoms with van der Waals surface area (Å²) in [6, 6.07) is 4.89. The van der Waals surface area contributed by atoms with Gasteiger partial charge in [-0.25, -0.2) is 4.98 Å². The summed E-state index contributed by atoms with van der Waals surface area (Å²) in [7, 11) is 0. The Morgan fingerprint density at radius 3 is 2.55 bits per heavy atom. The van der Waals surface area contributed by atoms with Crippen LogP contribution < -0.4 is 16.0 Å². The first-order valence-corrected chi connectivity index (χ1v) is 6.30. The van der Waals surface area contributed by atoms with Crippen LogP contribution in [-0.4, -0.2) is 11.6 Å². The second-order valence-corrected chi connectivity index (χ2v) is 4.82. The number of aryl methyl sites for hydroxylation is 1. The highest BCUT2D eigenvalue weighted by molar-refractivity contribution is 5.96. The molecule has 4 nitrogen and oxygen atoms in total. The molecule has 0 aliphatic heterocycles. The van der Waals surface area contributed by atoms with Gasteiger partial charge in [0.05, 0.1) is 5.69 Å². The van der Waals surface area contributed by atoms with Gasteiger partial charge in [-0.3, -0.25) is 5.84 Å². The van der Waals surface area contributed by atoms with E-state index in [1.807, 2.05) is 20.8 Å². The van der Waals surface area contributed by atoms with Crippen molar-refractivity contribution in [3.63, 3.8) is 0 Å².